The summed E-state index contributed by atoms with van der Waals surface area (Å²) in [5.74, 6) is 0. The molecule has 0 aromatic heterocycles. The molecule has 0 amide bonds. The highest BCUT2D eigenvalue weighted by molar-refractivity contribution is 5.62. The maximum absolute atomic E-state index is 7.84. The molecule has 0 nitrogen and oxygen atoms in total. The fraction of sp³-hybridized carbons (Fsp3) is 0. The van der Waals surface area contributed by atoms with Crippen molar-refractivity contribution >= 4 is 0 Å². The molecule has 0 saturated carbocycles. The summed E-state index contributed by atoms with van der Waals surface area (Å²) in [4.78, 5) is 0. The van der Waals surface area contributed by atoms with Gasteiger partial charge in [-0.3, -0.25) is 0 Å². The molecule has 0 saturated heterocycles. The fourth-order valence-corrected chi connectivity index (χ4v) is 0.798. The van der Waals surface area contributed by atoms with Crippen molar-refractivity contribution in [2.75, 3.05) is 0 Å². The number of benzene rings is 2. The van der Waals surface area contributed by atoms with Crippen molar-refractivity contribution in [2.45, 2.75) is 0 Å². The zero-order chi connectivity index (χ0) is 16.1. The van der Waals surface area contributed by atoms with E-state index >= 15 is 0 Å². The van der Waals surface area contributed by atoms with Crippen LogP contribution in [0.3, 0.4) is 0 Å². The quantitative estimate of drug-likeness (QED) is 0.604. The lowest BCUT2D eigenvalue weighted by Gasteiger charge is -1.98. The minimum atomic E-state index is -0.547. The molecule has 2 aromatic carbocycles. The molecule has 0 N–H and O–H groups in total. The van der Waals surface area contributed by atoms with Crippen LogP contribution in [0.25, 0.3) is 11.1 Å². The van der Waals surface area contributed by atoms with Crippen LogP contribution in [0, 0.1) is 0 Å². The van der Waals surface area contributed by atoms with Crippen LogP contribution >= 0.6 is 0 Å². The zero-order valence-corrected chi connectivity index (χ0v) is 6.08. The highest BCUT2D eigenvalue weighted by Crippen LogP contribution is 2.17. The van der Waals surface area contributed by atoms with Gasteiger partial charge in [0, 0.05) is 0 Å². The van der Waals surface area contributed by atoms with Crippen LogP contribution in [0.5, 0.6) is 0 Å². The fourth-order valence-electron chi connectivity index (χ4n) is 0.798. The van der Waals surface area contributed by atoms with Crippen molar-refractivity contribution in [1.82, 2.24) is 0 Å². The van der Waals surface area contributed by atoms with E-state index in [-0.39, 0.29) is 17.2 Å². The Kier molecular flexibility index (Phi) is 0.598. The first-order chi connectivity index (χ1) is 9.68. The minimum Gasteiger partial charge on any atom is -0.0622 e. The number of hydrogen-bond donors (Lipinski definition) is 0. The second kappa shape index (κ2) is 3.22. The second-order valence-electron chi connectivity index (χ2n) is 2.08. The average molecular weight is 163 g/mol. The van der Waals surface area contributed by atoms with E-state index in [1.54, 1.807) is 0 Å². The Morgan fingerprint density at radius 3 is 2.00 bits per heavy atom. The van der Waals surface area contributed by atoms with E-state index in [0.29, 0.717) is 0 Å². The third-order valence-electron chi connectivity index (χ3n) is 1.32. The summed E-state index contributed by atoms with van der Waals surface area (Å²) in [6.45, 7) is 0. The first-order valence-corrected chi connectivity index (χ1v) is 3.33. The molecule has 0 aliphatic rings. The standard InChI is InChI=1S/C12H10/c1-3-7-11(8-4-1)12-9-5-2-6-10-12/h1-10H/i1D,2D,3D,4D,5D,6D,7D,8D,9D. The number of rotatable bonds is 1. The lowest BCUT2D eigenvalue weighted by atomic mass is 10.1. The van der Waals surface area contributed by atoms with Gasteiger partial charge in [-0.05, 0) is 11.1 Å². The Morgan fingerprint density at radius 1 is 0.667 bits per heavy atom. The van der Waals surface area contributed by atoms with Crippen LogP contribution in [0.15, 0.2) is 60.4 Å². The maximum Gasteiger partial charge on any atom is 0.0629 e. The summed E-state index contributed by atoms with van der Waals surface area (Å²) in [5, 5.41) is 0. The summed E-state index contributed by atoms with van der Waals surface area (Å²) in [7, 11) is 0. The van der Waals surface area contributed by atoms with Gasteiger partial charge in [0.25, 0.3) is 0 Å². The van der Waals surface area contributed by atoms with Gasteiger partial charge in [-0.15, -0.1) is 0 Å². The predicted molar refractivity (Wildman–Crippen MR) is 51.9 cm³/mol. The SMILES string of the molecule is [2H]c1cc(-c2c([2H])c([2H])c([2H])c([2H])c2[2H])c([2H])c([2H])c1[2H]. The first-order valence-electron chi connectivity index (χ1n) is 7.83. The summed E-state index contributed by atoms with van der Waals surface area (Å²) >= 11 is 0. The van der Waals surface area contributed by atoms with E-state index in [2.05, 4.69) is 0 Å². The molecule has 0 radical (unpaired) electrons. The lowest BCUT2D eigenvalue weighted by molar-refractivity contribution is 1.62. The average Bonchev–Trinajstić information content (AvgIpc) is 2.46. The van der Waals surface area contributed by atoms with Crippen molar-refractivity contribution < 1.29 is 12.3 Å². The van der Waals surface area contributed by atoms with Crippen LogP contribution in [-0.2, 0) is 0 Å². The van der Waals surface area contributed by atoms with Gasteiger partial charge < -0.3 is 0 Å². The van der Waals surface area contributed by atoms with E-state index in [1.165, 1.54) is 0 Å². The van der Waals surface area contributed by atoms with Gasteiger partial charge in [-0.1, -0.05) is 60.4 Å². The number of hydrogen-bond acceptors (Lipinski definition) is 0. The Morgan fingerprint density at radius 2 is 1.25 bits per heavy atom. The third-order valence-corrected chi connectivity index (χ3v) is 1.32. The second-order valence-corrected chi connectivity index (χ2v) is 2.08. The van der Waals surface area contributed by atoms with Crippen LogP contribution in [0.4, 0.5) is 0 Å². The van der Waals surface area contributed by atoms with Gasteiger partial charge in [0.1, 0.15) is 0 Å². The smallest absolute Gasteiger partial charge is 0.0622 e. The van der Waals surface area contributed by atoms with Crippen LogP contribution in [0.2, 0.25) is 0 Å². The van der Waals surface area contributed by atoms with Crippen LogP contribution in [0.1, 0.15) is 12.3 Å². The van der Waals surface area contributed by atoms with Crippen molar-refractivity contribution in [2.24, 2.45) is 0 Å². The Bertz CT molecular complexity index is 722. The van der Waals surface area contributed by atoms with Gasteiger partial charge >= 0.3 is 0 Å². The van der Waals surface area contributed by atoms with Gasteiger partial charge in [0.15, 0.2) is 0 Å². The first kappa shape index (κ1) is 2.23. The van der Waals surface area contributed by atoms with E-state index in [4.69, 9.17) is 12.3 Å². The summed E-state index contributed by atoms with van der Waals surface area (Å²) in [5.41, 5.74) is -0.342. The maximum atomic E-state index is 7.84. The minimum absolute atomic E-state index is 0.113. The van der Waals surface area contributed by atoms with Crippen LogP contribution < -0.4 is 0 Å². The van der Waals surface area contributed by atoms with Crippen LogP contribution in [-0.4, -0.2) is 0 Å². The topological polar surface area (TPSA) is 0 Å². The van der Waals surface area contributed by atoms with Gasteiger partial charge in [0.05, 0.1) is 12.3 Å². The van der Waals surface area contributed by atoms with E-state index in [9.17, 15) is 0 Å². The molecule has 12 heavy (non-hydrogen) atoms. The molecule has 0 bridgehead atoms. The monoisotopic (exact) mass is 163 g/mol. The molecule has 0 heterocycles. The third kappa shape index (κ3) is 1.37. The van der Waals surface area contributed by atoms with Crippen molar-refractivity contribution in [3.63, 3.8) is 0 Å². The molecule has 0 spiro atoms. The molecule has 0 unspecified atom stereocenters. The molecule has 2 aromatic rings. The Labute approximate surface area is 85.1 Å². The van der Waals surface area contributed by atoms with E-state index in [0.717, 1.165) is 6.07 Å². The van der Waals surface area contributed by atoms with Gasteiger partial charge in [0.2, 0.25) is 0 Å². The summed E-state index contributed by atoms with van der Waals surface area (Å²) < 4.78 is 68.9. The molecule has 2 rings (SSSR count). The van der Waals surface area contributed by atoms with Crippen molar-refractivity contribution in [3.8, 4) is 11.1 Å². The lowest BCUT2D eigenvalue weighted by Crippen LogP contribution is -1.73. The summed E-state index contributed by atoms with van der Waals surface area (Å²) in [6.07, 6.45) is 0. The Balaban J connectivity index is 2.93. The van der Waals surface area contributed by atoms with E-state index in [1.807, 2.05) is 0 Å². The highest BCUT2D eigenvalue weighted by atomic mass is 14.0. The normalized spacial score (nSPS) is 20.2. The molecular weight excluding hydrogens is 144 g/mol. The van der Waals surface area contributed by atoms with Crippen molar-refractivity contribution in [1.29, 1.82) is 0 Å². The molecule has 58 valence electrons. The Hall–Kier alpha value is -1.56. The molecule has 0 aliphatic carbocycles. The van der Waals surface area contributed by atoms with Gasteiger partial charge in [-0.25, -0.2) is 0 Å². The predicted octanol–water partition coefficient (Wildman–Crippen LogP) is 3.35. The zero-order valence-electron chi connectivity index (χ0n) is 15.1. The molecule has 0 atom stereocenters. The summed E-state index contributed by atoms with van der Waals surface area (Å²) in [6, 6.07) is -3.26. The molecule has 0 heteroatoms. The highest BCUT2D eigenvalue weighted by Gasteiger charge is 1.91. The van der Waals surface area contributed by atoms with Crippen molar-refractivity contribution in [3.05, 3.63) is 60.4 Å². The molecular formula is C12H10. The van der Waals surface area contributed by atoms with E-state index < -0.39 is 48.3 Å². The molecule has 0 aliphatic heterocycles. The van der Waals surface area contributed by atoms with Gasteiger partial charge in [-0.2, -0.15) is 0 Å². The largest absolute Gasteiger partial charge is 0.0629 e. The molecule has 0 fully saturated rings.